The molecule has 0 aromatic carbocycles. The maximum absolute atomic E-state index is 11.0. The van der Waals surface area contributed by atoms with Gasteiger partial charge in [0.1, 0.15) is 0 Å². The molecule has 0 aliphatic carbocycles. The molecule has 10 heteroatoms. The number of carboxylic acid groups (broad SMARTS) is 2. The number of rotatable bonds is 10. The molecule has 2 atom stereocenters. The third-order valence-electron chi connectivity index (χ3n) is 1.73. The fourth-order valence-corrected chi connectivity index (χ4v) is 10.3. The molecule has 0 aliphatic heterocycles. The summed E-state index contributed by atoms with van der Waals surface area (Å²) in [4.78, 5) is 20.1. The monoisotopic (exact) mass is 412 g/mol. The van der Waals surface area contributed by atoms with E-state index < -0.39 is 22.9 Å². The van der Waals surface area contributed by atoms with Crippen LogP contribution in [0.25, 0.3) is 0 Å². The Morgan fingerprint density at radius 3 is 2.39 bits per heavy atom. The van der Waals surface area contributed by atoms with Gasteiger partial charge in [-0.25, -0.2) is 0 Å². The van der Waals surface area contributed by atoms with Crippen molar-refractivity contribution in [1.29, 1.82) is 0 Å². The van der Waals surface area contributed by atoms with E-state index in [1.807, 2.05) is 0 Å². The van der Waals surface area contributed by atoms with Gasteiger partial charge in [0.15, 0.2) is 0 Å². The molecule has 106 valence electrons. The van der Waals surface area contributed by atoms with Crippen LogP contribution in [-0.2, 0) is 9.59 Å². The average Bonchev–Trinajstić information content (AvgIpc) is 2.31. The predicted octanol–water partition coefficient (Wildman–Crippen LogP) is -1.98. The summed E-state index contributed by atoms with van der Waals surface area (Å²) in [5.41, 5.74) is 11.1. The molecule has 0 aromatic heterocycles. The third-order valence-corrected chi connectivity index (χ3v) is 10.5. The fourth-order valence-electron chi connectivity index (χ4n) is 0.715. The summed E-state index contributed by atoms with van der Waals surface area (Å²) in [6.07, 6.45) is 0. The number of hydrogen-bond acceptors (Lipinski definition) is 6. The molecule has 0 saturated carbocycles. The van der Waals surface area contributed by atoms with E-state index in [0.29, 0.717) is 10.6 Å². The van der Waals surface area contributed by atoms with Gasteiger partial charge in [0, 0.05) is 0 Å². The normalized spacial score (nSPS) is 15.9. The Morgan fingerprint density at radius 1 is 1.33 bits per heavy atom. The van der Waals surface area contributed by atoms with Gasteiger partial charge in [0.25, 0.3) is 0 Å². The summed E-state index contributed by atoms with van der Waals surface area (Å²) >= 11 is 0.976. The minimum atomic E-state index is -1.39. The van der Waals surface area contributed by atoms with E-state index >= 15 is 0 Å². The minimum absolute atomic E-state index is 0.00461. The molecule has 0 radical (unpaired) electrons. The van der Waals surface area contributed by atoms with E-state index in [-0.39, 0.29) is 38.6 Å². The number of thioether (sulfide) groups is 1. The van der Waals surface area contributed by atoms with Gasteiger partial charge in [-0.2, -0.15) is 0 Å². The van der Waals surface area contributed by atoms with Crippen LogP contribution in [-0.4, -0.2) is 76.8 Å². The van der Waals surface area contributed by atoms with Crippen molar-refractivity contribution in [2.45, 2.75) is 21.6 Å². The molecule has 0 bridgehead atoms. The van der Waals surface area contributed by atoms with E-state index in [2.05, 4.69) is 0 Å². The topological polar surface area (TPSA) is 147 Å². The molecule has 7 nitrogen and oxygen atoms in total. The molecular formula is C8H16N2O5SSe2. The number of aliphatic carboxylic acids is 2. The standard InChI is InChI=1S/C8H16N2O5SSe2/c9-5(6(12)13)3-17-18-4-8(10,7(14)15)16-2-1-11/h5,11H,1-4,9-10H2,(H,12,13)(H,14,15)/t5?,8-/m0/s1. The summed E-state index contributed by atoms with van der Waals surface area (Å²) in [7, 11) is 0. The number of nitrogens with two attached hydrogens (primary N) is 2. The number of aliphatic hydroxyl groups is 1. The number of aliphatic hydroxyl groups excluding tert-OH is 1. The van der Waals surface area contributed by atoms with E-state index in [9.17, 15) is 9.59 Å². The zero-order valence-electron chi connectivity index (χ0n) is 9.44. The molecule has 0 spiro atoms. The van der Waals surface area contributed by atoms with E-state index in [4.69, 9.17) is 26.8 Å². The van der Waals surface area contributed by atoms with Gasteiger partial charge in [-0.3, -0.25) is 0 Å². The Hall–Kier alpha value is 0.209. The molecule has 0 fully saturated rings. The van der Waals surface area contributed by atoms with E-state index in [1.165, 1.54) is 0 Å². The van der Waals surface area contributed by atoms with Gasteiger partial charge in [-0.15, -0.1) is 0 Å². The Balaban J connectivity index is 4.05. The van der Waals surface area contributed by atoms with Crippen LogP contribution < -0.4 is 11.5 Å². The van der Waals surface area contributed by atoms with E-state index in [1.54, 1.807) is 0 Å². The molecule has 7 N–H and O–H groups in total. The first-order chi connectivity index (χ1) is 8.33. The van der Waals surface area contributed by atoms with Gasteiger partial charge in [-0.05, 0) is 0 Å². The molecule has 0 saturated heterocycles. The summed E-state index contributed by atoms with van der Waals surface area (Å²) < 4.78 is 0. The summed E-state index contributed by atoms with van der Waals surface area (Å²) in [5, 5.41) is 27.0. The summed E-state index contributed by atoms with van der Waals surface area (Å²) in [6, 6.07) is -0.881. The van der Waals surface area contributed by atoms with Crippen LogP contribution in [0.4, 0.5) is 0 Å². The van der Waals surface area contributed by atoms with Crippen molar-refractivity contribution in [1.82, 2.24) is 0 Å². The first kappa shape index (κ1) is 18.2. The van der Waals surface area contributed by atoms with Crippen LogP contribution in [0.5, 0.6) is 0 Å². The van der Waals surface area contributed by atoms with Crippen molar-refractivity contribution in [3.63, 3.8) is 0 Å². The van der Waals surface area contributed by atoms with Gasteiger partial charge in [-0.1, -0.05) is 0 Å². The van der Waals surface area contributed by atoms with Crippen molar-refractivity contribution in [2.24, 2.45) is 11.5 Å². The van der Waals surface area contributed by atoms with Crippen LogP contribution in [0.3, 0.4) is 0 Å². The van der Waals surface area contributed by atoms with Gasteiger partial charge < -0.3 is 0 Å². The van der Waals surface area contributed by atoms with Crippen molar-refractivity contribution in [3.8, 4) is 0 Å². The van der Waals surface area contributed by atoms with Crippen LogP contribution >= 0.6 is 11.8 Å². The molecule has 0 heterocycles. The van der Waals surface area contributed by atoms with Crippen LogP contribution in [0.2, 0.25) is 10.6 Å². The van der Waals surface area contributed by atoms with Crippen molar-refractivity contribution in [2.75, 3.05) is 12.4 Å². The fraction of sp³-hybridized carbons (Fsp3) is 0.750. The van der Waals surface area contributed by atoms with Crippen molar-refractivity contribution >= 4 is 50.0 Å². The second kappa shape index (κ2) is 9.17. The average molecular weight is 410 g/mol. The Morgan fingerprint density at radius 2 is 1.94 bits per heavy atom. The number of hydrogen-bond donors (Lipinski definition) is 5. The van der Waals surface area contributed by atoms with Crippen LogP contribution in [0, 0.1) is 0 Å². The Bertz CT molecular complexity index is 297. The molecule has 0 amide bonds. The number of carboxylic acids is 2. The molecule has 0 rings (SSSR count). The predicted molar refractivity (Wildman–Crippen MR) is 70.8 cm³/mol. The second-order valence-electron chi connectivity index (χ2n) is 3.26. The maximum atomic E-state index is 11.0. The Kier molecular flexibility index (Phi) is 9.27. The molecule has 0 aromatic rings. The molecular weight excluding hydrogens is 394 g/mol. The van der Waals surface area contributed by atoms with Crippen molar-refractivity contribution in [3.05, 3.63) is 0 Å². The Labute approximate surface area is 120 Å². The molecule has 0 aliphatic rings. The summed E-state index contributed by atoms with van der Waals surface area (Å²) in [6.45, 7) is -0.126. The van der Waals surface area contributed by atoms with Crippen LogP contribution in [0.1, 0.15) is 0 Å². The first-order valence-electron chi connectivity index (χ1n) is 4.83. The molecule has 1 unspecified atom stereocenters. The second-order valence-corrected chi connectivity index (χ2v) is 12.1. The van der Waals surface area contributed by atoms with Crippen molar-refractivity contribution < 1.29 is 24.9 Å². The first-order valence-corrected chi connectivity index (χ1v) is 12.6. The quantitative estimate of drug-likeness (QED) is 0.158. The van der Waals surface area contributed by atoms with Gasteiger partial charge >= 0.3 is 120 Å². The zero-order chi connectivity index (χ0) is 14.2. The number of carbonyl (C=O) groups is 2. The SMILES string of the molecule is NC(C[Se][Se]C[C@](N)(SCCO)C(=O)O)C(=O)O. The van der Waals surface area contributed by atoms with Gasteiger partial charge in [0.2, 0.25) is 0 Å². The zero-order valence-corrected chi connectivity index (χ0v) is 13.7. The van der Waals surface area contributed by atoms with Crippen LogP contribution in [0.15, 0.2) is 0 Å². The summed E-state index contributed by atoms with van der Waals surface area (Å²) in [5.74, 6) is -1.89. The third kappa shape index (κ3) is 6.96. The molecule has 18 heavy (non-hydrogen) atoms. The van der Waals surface area contributed by atoms with E-state index in [0.717, 1.165) is 11.8 Å². The van der Waals surface area contributed by atoms with Gasteiger partial charge in [0.05, 0.1) is 0 Å².